The third-order valence-electron chi connectivity index (χ3n) is 2.91. The van der Waals surface area contributed by atoms with Crippen LogP contribution in [-0.4, -0.2) is 38.7 Å². The van der Waals surface area contributed by atoms with Crippen LogP contribution in [0.15, 0.2) is 17.5 Å². The Morgan fingerprint density at radius 1 is 1.53 bits per heavy atom. The van der Waals surface area contributed by atoms with Crippen LogP contribution in [0, 0.1) is 4.77 Å². The summed E-state index contributed by atoms with van der Waals surface area (Å²) in [5, 5.41) is 8.94. The van der Waals surface area contributed by atoms with Crippen LogP contribution in [0.2, 0.25) is 0 Å². The Kier molecular flexibility index (Phi) is 4.49. The molecule has 0 aliphatic heterocycles. The summed E-state index contributed by atoms with van der Waals surface area (Å²) in [5.74, 6) is 0.779. The van der Waals surface area contributed by atoms with E-state index in [0.29, 0.717) is 17.9 Å². The Hall–Kier alpha value is -1.47. The summed E-state index contributed by atoms with van der Waals surface area (Å²) >= 11 is 6.78. The Bertz CT molecular complexity index is 596. The second kappa shape index (κ2) is 6.12. The van der Waals surface area contributed by atoms with Crippen LogP contribution in [0.25, 0.3) is 10.7 Å². The first-order valence-electron chi connectivity index (χ1n) is 6.14. The van der Waals surface area contributed by atoms with E-state index < -0.39 is 0 Å². The largest absolute Gasteiger partial charge is 0.342 e. The Morgan fingerprint density at radius 3 is 2.84 bits per heavy atom. The van der Waals surface area contributed by atoms with Gasteiger partial charge in [-0.25, -0.2) is 0 Å². The molecule has 0 radical (unpaired) electrons. The van der Waals surface area contributed by atoms with Crippen LogP contribution in [-0.2, 0) is 11.3 Å². The molecule has 19 heavy (non-hydrogen) atoms. The van der Waals surface area contributed by atoms with Gasteiger partial charge in [-0.05, 0) is 37.5 Å². The molecule has 0 aliphatic rings. The van der Waals surface area contributed by atoms with Gasteiger partial charge in [-0.3, -0.25) is 14.5 Å². The van der Waals surface area contributed by atoms with Crippen LogP contribution >= 0.6 is 23.6 Å². The fraction of sp³-hybridized carbons (Fsp3) is 0.417. The zero-order chi connectivity index (χ0) is 13.8. The number of aromatic nitrogens is 3. The van der Waals surface area contributed by atoms with Gasteiger partial charge < -0.3 is 4.90 Å². The molecule has 102 valence electrons. The van der Waals surface area contributed by atoms with Gasteiger partial charge in [-0.2, -0.15) is 5.10 Å². The average Bonchev–Trinajstić information content (AvgIpc) is 3.02. The lowest BCUT2D eigenvalue weighted by atomic mass is 10.4. The number of carbonyl (C=O) groups excluding carboxylic acids is 1. The summed E-state index contributed by atoms with van der Waals surface area (Å²) in [7, 11) is 0. The number of H-pyrrole nitrogens is 1. The van der Waals surface area contributed by atoms with E-state index in [1.165, 1.54) is 0 Å². The summed E-state index contributed by atoms with van der Waals surface area (Å²) in [4.78, 5) is 15.0. The van der Waals surface area contributed by atoms with Gasteiger partial charge >= 0.3 is 0 Å². The molecule has 2 aromatic rings. The van der Waals surface area contributed by atoms with E-state index in [0.717, 1.165) is 10.7 Å². The molecule has 2 aromatic heterocycles. The van der Waals surface area contributed by atoms with E-state index in [2.05, 4.69) is 10.2 Å². The smallest absolute Gasteiger partial charge is 0.242 e. The van der Waals surface area contributed by atoms with Crippen LogP contribution in [0.1, 0.15) is 13.8 Å². The topological polar surface area (TPSA) is 53.9 Å². The summed E-state index contributed by atoms with van der Waals surface area (Å²) in [6.45, 7) is 5.57. The van der Waals surface area contributed by atoms with Gasteiger partial charge in [0.05, 0.1) is 4.88 Å². The first kappa shape index (κ1) is 14.0. The average molecular weight is 296 g/mol. The summed E-state index contributed by atoms with van der Waals surface area (Å²) in [6, 6.07) is 3.92. The number of aromatic amines is 1. The third kappa shape index (κ3) is 2.93. The summed E-state index contributed by atoms with van der Waals surface area (Å²) in [6.07, 6.45) is 0. The van der Waals surface area contributed by atoms with Gasteiger partial charge in [-0.15, -0.1) is 11.3 Å². The molecule has 0 unspecified atom stereocenters. The van der Waals surface area contributed by atoms with Crippen molar-refractivity contribution in [3.05, 3.63) is 22.3 Å². The standard InChI is InChI=1S/C12H16N4OS2/c1-3-15(4-2)10(17)8-16-11(13-14-12(16)18)9-6-5-7-19-9/h5-7H,3-4,8H2,1-2H3,(H,14,18). The monoisotopic (exact) mass is 296 g/mol. The Balaban J connectivity index is 2.28. The molecule has 5 nitrogen and oxygen atoms in total. The summed E-state index contributed by atoms with van der Waals surface area (Å²) in [5.41, 5.74) is 0. The fourth-order valence-electron chi connectivity index (χ4n) is 1.87. The molecule has 0 bridgehead atoms. The number of rotatable bonds is 5. The second-order valence-electron chi connectivity index (χ2n) is 3.98. The van der Waals surface area contributed by atoms with Gasteiger partial charge in [0.15, 0.2) is 10.6 Å². The molecule has 0 atom stereocenters. The van der Waals surface area contributed by atoms with Crippen molar-refractivity contribution < 1.29 is 4.79 Å². The number of thiophene rings is 1. The lowest BCUT2D eigenvalue weighted by Crippen LogP contribution is -2.33. The Morgan fingerprint density at radius 2 is 2.26 bits per heavy atom. The number of nitrogens with zero attached hydrogens (tertiary/aromatic N) is 3. The lowest BCUT2D eigenvalue weighted by molar-refractivity contribution is -0.131. The van der Waals surface area contributed by atoms with Crippen molar-refractivity contribution in [3.63, 3.8) is 0 Å². The van der Waals surface area contributed by atoms with Gasteiger partial charge in [0.25, 0.3) is 0 Å². The molecule has 1 amide bonds. The molecule has 0 aromatic carbocycles. The first-order chi connectivity index (χ1) is 9.17. The zero-order valence-electron chi connectivity index (χ0n) is 10.9. The minimum atomic E-state index is 0.0558. The highest BCUT2D eigenvalue weighted by atomic mass is 32.1. The van der Waals surface area contributed by atoms with E-state index in [1.54, 1.807) is 20.8 Å². The lowest BCUT2D eigenvalue weighted by Gasteiger charge is -2.19. The highest BCUT2D eigenvalue weighted by Crippen LogP contribution is 2.22. The van der Waals surface area contributed by atoms with Crippen LogP contribution < -0.4 is 0 Å². The fourth-order valence-corrected chi connectivity index (χ4v) is 2.79. The maximum absolute atomic E-state index is 12.2. The molecule has 2 heterocycles. The molecule has 0 spiro atoms. The van der Waals surface area contributed by atoms with Crippen LogP contribution in [0.5, 0.6) is 0 Å². The van der Waals surface area contributed by atoms with Crippen molar-refractivity contribution in [1.82, 2.24) is 19.7 Å². The molecular formula is C12H16N4OS2. The number of amides is 1. The normalized spacial score (nSPS) is 10.6. The number of hydrogen-bond donors (Lipinski definition) is 1. The first-order valence-corrected chi connectivity index (χ1v) is 7.43. The molecule has 0 saturated carbocycles. The predicted molar refractivity (Wildman–Crippen MR) is 78.7 cm³/mol. The highest BCUT2D eigenvalue weighted by molar-refractivity contribution is 7.71. The minimum Gasteiger partial charge on any atom is -0.342 e. The second-order valence-corrected chi connectivity index (χ2v) is 5.32. The summed E-state index contributed by atoms with van der Waals surface area (Å²) < 4.78 is 2.23. The van der Waals surface area contributed by atoms with Crippen molar-refractivity contribution >= 4 is 29.5 Å². The quantitative estimate of drug-likeness (QED) is 0.863. The molecular weight excluding hydrogens is 280 g/mol. The van der Waals surface area contributed by atoms with Crippen molar-refractivity contribution in [2.45, 2.75) is 20.4 Å². The molecule has 0 aliphatic carbocycles. The number of nitrogens with one attached hydrogen (secondary N) is 1. The third-order valence-corrected chi connectivity index (χ3v) is 4.09. The number of hydrogen-bond acceptors (Lipinski definition) is 4. The van der Waals surface area contributed by atoms with E-state index in [1.807, 2.05) is 31.4 Å². The van der Waals surface area contributed by atoms with E-state index in [4.69, 9.17) is 12.2 Å². The van der Waals surface area contributed by atoms with Gasteiger partial charge in [0.2, 0.25) is 5.91 Å². The maximum atomic E-state index is 12.2. The van der Waals surface area contributed by atoms with Crippen molar-refractivity contribution in [2.75, 3.05) is 13.1 Å². The van der Waals surface area contributed by atoms with E-state index in [9.17, 15) is 4.79 Å². The number of carbonyl (C=O) groups is 1. The van der Waals surface area contributed by atoms with Crippen molar-refractivity contribution in [3.8, 4) is 10.7 Å². The van der Waals surface area contributed by atoms with Gasteiger partial charge in [-0.1, -0.05) is 6.07 Å². The Labute approximate surface area is 120 Å². The van der Waals surface area contributed by atoms with Crippen LogP contribution in [0.4, 0.5) is 0 Å². The van der Waals surface area contributed by atoms with Gasteiger partial charge in [0.1, 0.15) is 6.54 Å². The maximum Gasteiger partial charge on any atom is 0.242 e. The molecule has 0 saturated heterocycles. The van der Waals surface area contributed by atoms with E-state index in [-0.39, 0.29) is 12.5 Å². The molecule has 2 rings (SSSR count). The minimum absolute atomic E-state index is 0.0558. The molecule has 1 N–H and O–H groups in total. The van der Waals surface area contributed by atoms with E-state index >= 15 is 0 Å². The predicted octanol–water partition coefficient (Wildman–Crippen LogP) is 2.54. The SMILES string of the molecule is CCN(CC)C(=O)Cn1c(-c2cccs2)n[nH]c1=S. The highest BCUT2D eigenvalue weighted by Gasteiger charge is 2.15. The molecule has 0 fully saturated rings. The molecule has 7 heteroatoms. The number of likely N-dealkylation sites (N-methyl/N-ethyl adjacent to an activating group) is 1. The van der Waals surface area contributed by atoms with Crippen molar-refractivity contribution in [1.29, 1.82) is 0 Å². The van der Waals surface area contributed by atoms with Crippen LogP contribution in [0.3, 0.4) is 0 Å². The van der Waals surface area contributed by atoms with Gasteiger partial charge in [0, 0.05) is 13.1 Å². The zero-order valence-corrected chi connectivity index (χ0v) is 12.6. The van der Waals surface area contributed by atoms with Crippen molar-refractivity contribution in [2.24, 2.45) is 0 Å².